The van der Waals surface area contributed by atoms with Crippen LogP contribution in [0, 0.1) is 5.92 Å². The van der Waals surface area contributed by atoms with Gasteiger partial charge in [0.1, 0.15) is 0 Å². The maximum atomic E-state index is 11.9. The zero-order valence-corrected chi connectivity index (χ0v) is 16.9. The molecule has 6 nitrogen and oxygen atoms in total. The van der Waals surface area contributed by atoms with Crippen molar-refractivity contribution in [2.24, 2.45) is 10.9 Å². The molecule has 1 fully saturated rings. The lowest BCUT2D eigenvalue weighted by atomic mass is 10.2. The van der Waals surface area contributed by atoms with E-state index in [9.17, 15) is 4.79 Å². The Morgan fingerprint density at radius 1 is 1.25 bits per heavy atom. The van der Waals surface area contributed by atoms with Crippen molar-refractivity contribution in [2.45, 2.75) is 20.4 Å². The number of imidazole rings is 1. The maximum absolute atomic E-state index is 11.9. The second kappa shape index (κ2) is 7.67. The van der Waals surface area contributed by atoms with Crippen LogP contribution in [0.2, 0.25) is 0 Å². The summed E-state index contributed by atoms with van der Waals surface area (Å²) in [7, 11) is 1.38. The van der Waals surface area contributed by atoms with E-state index in [1.807, 2.05) is 24.3 Å². The van der Waals surface area contributed by atoms with Gasteiger partial charge in [-0.1, -0.05) is 43.8 Å². The molecule has 28 heavy (non-hydrogen) atoms. The molecule has 0 saturated carbocycles. The van der Waals surface area contributed by atoms with Gasteiger partial charge in [-0.2, -0.15) is 4.99 Å². The van der Waals surface area contributed by atoms with E-state index in [0.29, 0.717) is 17.4 Å². The summed E-state index contributed by atoms with van der Waals surface area (Å²) in [5.74, 6) is 1.61. The molecule has 3 aromatic rings. The fraction of sp³-hybridized carbons (Fsp3) is 0.286. The van der Waals surface area contributed by atoms with E-state index in [-0.39, 0.29) is 5.97 Å². The zero-order valence-electron chi connectivity index (χ0n) is 16.1. The van der Waals surface area contributed by atoms with Gasteiger partial charge in [-0.05, 0) is 36.2 Å². The quantitative estimate of drug-likeness (QED) is 0.588. The molecule has 0 unspecified atom stereocenters. The molecule has 7 heteroatoms. The van der Waals surface area contributed by atoms with Crippen molar-refractivity contribution in [3.63, 3.8) is 0 Å². The van der Waals surface area contributed by atoms with Gasteiger partial charge in [-0.3, -0.25) is 0 Å². The molecule has 2 aromatic carbocycles. The first kappa shape index (κ1) is 18.6. The fourth-order valence-corrected chi connectivity index (χ4v) is 3.92. The topological polar surface area (TPSA) is 59.7 Å². The molecule has 0 radical (unpaired) electrons. The summed E-state index contributed by atoms with van der Waals surface area (Å²) in [4.78, 5) is 23.6. The summed E-state index contributed by atoms with van der Waals surface area (Å²) >= 11 is 1.70. The number of hydrogen-bond acceptors (Lipinski definition) is 5. The largest absolute Gasteiger partial charge is 0.465 e. The number of esters is 1. The average molecular weight is 395 g/mol. The Balaban J connectivity index is 1.76. The van der Waals surface area contributed by atoms with E-state index < -0.39 is 0 Å². The van der Waals surface area contributed by atoms with Gasteiger partial charge in [0, 0.05) is 12.2 Å². The minimum absolute atomic E-state index is 0.363. The van der Waals surface area contributed by atoms with Crippen molar-refractivity contribution in [1.82, 2.24) is 9.55 Å². The van der Waals surface area contributed by atoms with E-state index >= 15 is 0 Å². The third-order valence-electron chi connectivity index (χ3n) is 4.51. The zero-order chi connectivity index (χ0) is 19.7. The molecule has 1 aromatic heterocycles. The Kier molecular flexibility index (Phi) is 5.09. The Bertz CT molecular complexity index is 1040. The Morgan fingerprint density at radius 3 is 2.68 bits per heavy atom. The van der Waals surface area contributed by atoms with Crippen molar-refractivity contribution >= 4 is 45.6 Å². The molecule has 1 aliphatic rings. The molecule has 1 aliphatic heterocycles. The van der Waals surface area contributed by atoms with Crippen LogP contribution in [0.15, 0.2) is 53.5 Å². The van der Waals surface area contributed by atoms with Gasteiger partial charge in [-0.15, -0.1) is 0 Å². The van der Waals surface area contributed by atoms with Crippen LogP contribution in [-0.4, -0.2) is 33.7 Å². The standard InChI is InChI=1S/C21H22N4O2S/c1-14(2)12-24-18-10-9-15(19(26)27-3)11-17(18)22-20(24)23-21-25(13-28-21)16-7-5-4-6-8-16/h4-11,14H,12-13H2,1-3H3/b23-21-. The summed E-state index contributed by atoms with van der Waals surface area (Å²) in [6, 6.07) is 15.7. The molecule has 2 heterocycles. The molecule has 0 atom stereocenters. The number of hydrogen-bond donors (Lipinski definition) is 0. The Labute approximate surface area is 168 Å². The molecule has 0 N–H and O–H groups in total. The van der Waals surface area contributed by atoms with Crippen LogP contribution in [0.4, 0.5) is 11.6 Å². The maximum Gasteiger partial charge on any atom is 0.337 e. The van der Waals surface area contributed by atoms with Crippen molar-refractivity contribution < 1.29 is 9.53 Å². The molecular weight excluding hydrogens is 372 g/mol. The molecule has 0 amide bonds. The lowest BCUT2D eigenvalue weighted by Crippen LogP contribution is -2.38. The monoisotopic (exact) mass is 394 g/mol. The fourth-order valence-electron chi connectivity index (χ4n) is 3.15. The molecule has 0 aliphatic carbocycles. The summed E-state index contributed by atoms with van der Waals surface area (Å²) in [6.45, 7) is 5.13. The number of carbonyl (C=O) groups excluding carboxylic acids is 1. The number of thioether (sulfide) groups is 1. The van der Waals surface area contributed by atoms with Gasteiger partial charge in [0.2, 0.25) is 5.95 Å². The number of ether oxygens (including phenoxy) is 1. The number of para-hydroxylation sites is 1. The number of carbonyl (C=O) groups is 1. The number of aliphatic imine (C=N–C) groups is 1. The van der Waals surface area contributed by atoms with Crippen LogP contribution < -0.4 is 4.90 Å². The minimum atomic E-state index is -0.363. The van der Waals surface area contributed by atoms with E-state index in [0.717, 1.165) is 34.3 Å². The van der Waals surface area contributed by atoms with Gasteiger partial charge in [0.05, 0.1) is 29.6 Å². The van der Waals surface area contributed by atoms with Crippen LogP contribution >= 0.6 is 11.8 Å². The Hall–Kier alpha value is -2.80. The van der Waals surface area contributed by atoms with Gasteiger partial charge in [-0.25, -0.2) is 9.78 Å². The first-order valence-corrected chi connectivity index (χ1v) is 10.2. The van der Waals surface area contributed by atoms with Gasteiger partial charge >= 0.3 is 5.97 Å². The van der Waals surface area contributed by atoms with Crippen LogP contribution in [-0.2, 0) is 11.3 Å². The van der Waals surface area contributed by atoms with E-state index in [4.69, 9.17) is 14.7 Å². The summed E-state index contributed by atoms with van der Waals surface area (Å²) in [6.07, 6.45) is 0. The number of amidine groups is 1. The van der Waals surface area contributed by atoms with Crippen molar-refractivity contribution in [2.75, 3.05) is 17.9 Å². The molecular formula is C21H22N4O2S. The van der Waals surface area contributed by atoms with E-state index in [1.165, 1.54) is 7.11 Å². The highest BCUT2D eigenvalue weighted by Crippen LogP contribution is 2.33. The van der Waals surface area contributed by atoms with Crippen LogP contribution in [0.5, 0.6) is 0 Å². The second-order valence-electron chi connectivity index (χ2n) is 7.04. The number of benzene rings is 2. The number of fused-ring (bicyclic) bond motifs is 1. The number of aromatic nitrogens is 2. The van der Waals surface area contributed by atoms with Crippen molar-refractivity contribution in [3.05, 3.63) is 54.1 Å². The normalized spacial score (nSPS) is 15.3. The van der Waals surface area contributed by atoms with Crippen LogP contribution in [0.3, 0.4) is 0 Å². The number of anilines is 1. The van der Waals surface area contributed by atoms with E-state index in [1.54, 1.807) is 23.9 Å². The van der Waals surface area contributed by atoms with Crippen LogP contribution in [0.1, 0.15) is 24.2 Å². The third-order valence-corrected chi connectivity index (χ3v) is 5.47. The number of nitrogens with zero attached hydrogens (tertiary/aromatic N) is 4. The third kappa shape index (κ3) is 3.49. The molecule has 0 bridgehead atoms. The number of rotatable bonds is 5. The first-order chi connectivity index (χ1) is 13.6. The predicted molar refractivity (Wildman–Crippen MR) is 114 cm³/mol. The number of methoxy groups -OCH3 is 1. The van der Waals surface area contributed by atoms with Gasteiger partial charge in [0.15, 0.2) is 5.17 Å². The minimum Gasteiger partial charge on any atom is -0.465 e. The summed E-state index contributed by atoms with van der Waals surface area (Å²) < 4.78 is 6.95. The summed E-state index contributed by atoms with van der Waals surface area (Å²) in [5.41, 5.74) is 3.33. The molecule has 144 valence electrons. The lowest BCUT2D eigenvalue weighted by Gasteiger charge is -2.33. The predicted octanol–water partition coefficient (Wildman–Crippen LogP) is 4.68. The summed E-state index contributed by atoms with van der Waals surface area (Å²) in [5, 5.41) is 0.930. The highest BCUT2D eigenvalue weighted by Gasteiger charge is 2.26. The highest BCUT2D eigenvalue weighted by molar-refractivity contribution is 8.16. The lowest BCUT2D eigenvalue weighted by molar-refractivity contribution is 0.0601. The molecule has 4 rings (SSSR count). The molecule has 1 saturated heterocycles. The highest BCUT2D eigenvalue weighted by atomic mass is 32.2. The van der Waals surface area contributed by atoms with E-state index in [2.05, 4.69) is 35.4 Å². The van der Waals surface area contributed by atoms with Gasteiger partial charge in [0.25, 0.3) is 0 Å². The van der Waals surface area contributed by atoms with Crippen LogP contribution in [0.25, 0.3) is 11.0 Å². The van der Waals surface area contributed by atoms with Gasteiger partial charge < -0.3 is 14.2 Å². The second-order valence-corrected chi connectivity index (χ2v) is 7.95. The SMILES string of the molecule is COC(=O)c1ccc2c(c1)nc(/N=C1\SCN1c1ccccc1)n2CC(C)C. The average Bonchev–Trinajstić information content (AvgIpc) is 3.01. The smallest absolute Gasteiger partial charge is 0.337 e. The van der Waals surface area contributed by atoms with Crippen molar-refractivity contribution in [3.8, 4) is 0 Å². The first-order valence-electron chi connectivity index (χ1n) is 9.19. The molecule has 0 spiro atoms. The Morgan fingerprint density at radius 2 is 2.04 bits per heavy atom. The van der Waals surface area contributed by atoms with Crippen molar-refractivity contribution in [1.29, 1.82) is 0 Å².